The van der Waals surface area contributed by atoms with E-state index in [1.807, 2.05) is 30.3 Å². The summed E-state index contributed by atoms with van der Waals surface area (Å²) in [6, 6.07) is 16.8. The highest BCUT2D eigenvalue weighted by molar-refractivity contribution is 7.80. The Labute approximate surface area is 141 Å². The third-order valence-electron chi connectivity index (χ3n) is 4.17. The largest absolute Gasteiger partial charge is 0.356 e. The molecular weight excluding hydrogens is 312 g/mol. The summed E-state index contributed by atoms with van der Waals surface area (Å²) in [5.41, 5.74) is 3.74. The van der Waals surface area contributed by atoms with Gasteiger partial charge in [-0.2, -0.15) is 0 Å². The number of benzene rings is 2. The second-order valence-electron chi connectivity index (χ2n) is 5.65. The highest BCUT2D eigenvalue weighted by Gasteiger charge is 2.24. The van der Waals surface area contributed by atoms with Crippen LogP contribution in [0.4, 0.5) is 0 Å². The smallest absolute Gasteiger partial charge is 0.167 e. The van der Waals surface area contributed by atoms with Crippen LogP contribution >= 0.6 is 23.8 Å². The molecule has 3 rings (SSSR count). The van der Waals surface area contributed by atoms with Crippen LogP contribution in [0.15, 0.2) is 48.5 Å². The summed E-state index contributed by atoms with van der Waals surface area (Å²) in [6.45, 7) is 2.11. The molecule has 0 heterocycles. The fourth-order valence-corrected chi connectivity index (χ4v) is 3.58. The number of fused-ring (bicyclic) bond motifs is 1. The molecule has 0 radical (unpaired) electrons. The van der Waals surface area contributed by atoms with Crippen molar-refractivity contribution in [3.8, 4) is 0 Å². The van der Waals surface area contributed by atoms with Crippen LogP contribution in [0.1, 0.15) is 42.1 Å². The van der Waals surface area contributed by atoms with E-state index in [9.17, 15) is 0 Å². The fraction of sp³-hybridized carbons (Fsp3) is 0.278. The highest BCUT2D eigenvalue weighted by atomic mass is 35.5. The first-order valence-electron chi connectivity index (χ1n) is 7.54. The summed E-state index contributed by atoms with van der Waals surface area (Å²) in [5, 5.41) is 8.33. The molecule has 0 spiro atoms. The molecule has 1 aliphatic carbocycles. The summed E-state index contributed by atoms with van der Waals surface area (Å²) in [7, 11) is 0. The molecule has 0 aromatic heterocycles. The van der Waals surface area contributed by atoms with Crippen molar-refractivity contribution < 1.29 is 0 Å². The monoisotopic (exact) mass is 330 g/mol. The van der Waals surface area contributed by atoms with E-state index in [1.54, 1.807) is 0 Å². The van der Waals surface area contributed by atoms with Gasteiger partial charge in [-0.3, -0.25) is 0 Å². The van der Waals surface area contributed by atoms with Crippen LogP contribution < -0.4 is 10.6 Å². The Morgan fingerprint density at radius 1 is 1.18 bits per heavy atom. The molecule has 2 nitrogen and oxygen atoms in total. The zero-order chi connectivity index (χ0) is 15.5. The number of rotatable bonds is 3. The molecule has 4 heteroatoms. The molecule has 0 bridgehead atoms. The Kier molecular flexibility index (Phi) is 4.65. The first-order valence-corrected chi connectivity index (χ1v) is 8.33. The lowest BCUT2D eigenvalue weighted by Crippen LogP contribution is -2.38. The van der Waals surface area contributed by atoms with E-state index >= 15 is 0 Å². The molecule has 2 aromatic rings. The molecule has 0 saturated heterocycles. The Hall–Kier alpha value is -1.58. The molecular formula is C18H19ClN2S. The summed E-state index contributed by atoms with van der Waals surface area (Å²) < 4.78 is 0. The van der Waals surface area contributed by atoms with Crippen molar-refractivity contribution in [2.24, 2.45) is 0 Å². The molecule has 0 aliphatic heterocycles. The van der Waals surface area contributed by atoms with E-state index in [1.165, 1.54) is 16.7 Å². The number of nitrogens with one attached hydrogen (secondary N) is 2. The molecule has 2 N–H and O–H groups in total. The molecule has 0 unspecified atom stereocenters. The summed E-state index contributed by atoms with van der Waals surface area (Å²) >= 11 is 11.7. The van der Waals surface area contributed by atoms with Gasteiger partial charge >= 0.3 is 0 Å². The fourth-order valence-electron chi connectivity index (χ4n) is 2.98. The Morgan fingerprint density at radius 2 is 1.95 bits per heavy atom. The second kappa shape index (κ2) is 6.67. The van der Waals surface area contributed by atoms with Gasteiger partial charge < -0.3 is 10.6 Å². The van der Waals surface area contributed by atoms with E-state index < -0.39 is 0 Å². The van der Waals surface area contributed by atoms with Crippen molar-refractivity contribution in [2.75, 3.05) is 0 Å². The summed E-state index contributed by atoms with van der Waals surface area (Å²) in [5.74, 6) is 0. The van der Waals surface area contributed by atoms with Crippen molar-refractivity contribution in [3.05, 3.63) is 70.2 Å². The summed E-state index contributed by atoms with van der Waals surface area (Å²) in [4.78, 5) is 0. The van der Waals surface area contributed by atoms with Crippen molar-refractivity contribution in [2.45, 2.75) is 31.8 Å². The van der Waals surface area contributed by atoms with E-state index in [2.05, 4.69) is 35.8 Å². The number of thiocarbonyl (C=S) groups is 1. The van der Waals surface area contributed by atoms with Crippen molar-refractivity contribution in [1.82, 2.24) is 10.6 Å². The lowest BCUT2D eigenvalue weighted by molar-refractivity contribution is 0.612. The zero-order valence-electron chi connectivity index (χ0n) is 12.5. The Morgan fingerprint density at radius 3 is 2.73 bits per heavy atom. The number of hydrogen-bond acceptors (Lipinski definition) is 1. The van der Waals surface area contributed by atoms with Crippen molar-refractivity contribution in [3.63, 3.8) is 0 Å². The maximum atomic E-state index is 6.26. The predicted molar refractivity (Wildman–Crippen MR) is 96.2 cm³/mol. The maximum Gasteiger partial charge on any atom is 0.167 e. The van der Waals surface area contributed by atoms with Gasteiger partial charge in [0, 0.05) is 5.02 Å². The quantitative estimate of drug-likeness (QED) is 0.807. The van der Waals surface area contributed by atoms with Crippen LogP contribution in [-0.2, 0) is 6.42 Å². The van der Waals surface area contributed by atoms with Crippen LogP contribution in [-0.4, -0.2) is 5.11 Å². The van der Waals surface area contributed by atoms with Crippen LogP contribution in [0, 0.1) is 0 Å². The minimum Gasteiger partial charge on any atom is -0.356 e. The van der Waals surface area contributed by atoms with Gasteiger partial charge in [0.1, 0.15) is 0 Å². The topological polar surface area (TPSA) is 24.1 Å². The number of halogens is 1. The van der Waals surface area contributed by atoms with Gasteiger partial charge in [0.05, 0.1) is 12.1 Å². The van der Waals surface area contributed by atoms with E-state index in [0.717, 1.165) is 17.9 Å². The lowest BCUT2D eigenvalue weighted by Gasteiger charge is -2.21. The Balaban J connectivity index is 1.63. The molecule has 0 amide bonds. The predicted octanol–water partition coefficient (Wildman–Crippen LogP) is 4.55. The van der Waals surface area contributed by atoms with Gasteiger partial charge in [0.25, 0.3) is 0 Å². The molecule has 1 aliphatic rings. The first-order chi connectivity index (χ1) is 10.6. The van der Waals surface area contributed by atoms with Gasteiger partial charge in [0.15, 0.2) is 5.11 Å². The highest BCUT2D eigenvalue weighted by Crippen LogP contribution is 2.35. The molecule has 0 saturated carbocycles. The average Bonchev–Trinajstić information content (AvgIpc) is 2.92. The molecule has 2 aromatic carbocycles. The SMILES string of the molecule is C[C@@H](NC(=S)N[C@H]1CCc2c(Cl)cccc21)c1ccccc1. The van der Waals surface area contributed by atoms with Gasteiger partial charge in [-0.15, -0.1) is 0 Å². The molecule has 0 fully saturated rings. The normalized spacial score (nSPS) is 17.6. The minimum atomic E-state index is 0.182. The second-order valence-corrected chi connectivity index (χ2v) is 6.46. The third-order valence-corrected chi connectivity index (χ3v) is 4.76. The van der Waals surface area contributed by atoms with Gasteiger partial charge in [0.2, 0.25) is 0 Å². The minimum absolute atomic E-state index is 0.182. The number of hydrogen-bond donors (Lipinski definition) is 2. The third kappa shape index (κ3) is 3.26. The van der Waals surface area contributed by atoms with Crippen molar-refractivity contribution >= 4 is 28.9 Å². The zero-order valence-corrected chi connectivity index (χ0v) is 14.0. The van der Waals surface area contributed by atoms with Gasteiger partial charge in [-0.05, 0) is 54.7 Å². The molecule has 22 heavy (non-hydrogen) atoms. The van der Waals surface area contributed by atoms with Crippen LogP contribution in [0.2, 0.25) is 5.02 Å². The lowest BCUT2D eigenvalue weighted by atomic mass is 10.1. The van der Waals surface area contributed by atoms with E-state index in [-0.39, 0.29) is 12.1 Å². The van der Waals surface area contributed by atoms with E-state index in [0.29, 0.717) is 5.11 Å². The van der Waals surface area contributed by atoms with Gasteiger partial charge in [-0.25, -0.2) is 0 Å². The van der Waals surface area contributed by atoms with Crippen LogP contribution in [0.3, 0.4) is 0 Å². The van der Waals surface area contributed by atoms with Crippen LogP contribution in [0.25, 0.3) is 0 Å². The average molecular weight is 331 g/mol. The van der Waals surface area contributed by atoms with Crippen molar-refractivity contribution in [1.29, 1.82) is 0 Å². The van der Waals surface area contributed by atoms with E-state index in [4.69, 9.17) is 23.8 Å². The van der Waals surface area contributed by atoms with Gasteiger partial charge in [-0.1, -0.05) is 54.1 Å². The summed E-state index contributed by atoms with van der Waals surface area (Å²) in [6.07, 6.45) is 2.03. The van der Waals surface area contributed by atoms with Crippen LogP contribution in [0.5, 0.6) is 0 Å². The first kappa shape index (κ1) is 15.3. The molecule has 114 valence electrons. The maximum absolute atomic E-state index is 6.26. The standard InChI is InChI=1S/C18H19ClN2S/c1-12(13-6-3-2-4-7-13)20-18(22)21-17-11-10-14-15(17)8-5-9-16(14)19/h2-9,12,17H,10-11H2,1H3,(H2,20,21,22)/t12-,17+/m1/s1. The molecule has 2 atom stereocenters. The Bertz CT molecular complexity index is 672.